The van der Waals surface area contributed by atoms with Crippen LogP contribution in [0.2, 0.25) is 0 Å². The van der Waals surface area contributed by atoms with Crippen molar-refractivity contribution in [3.05, 3.63) is 0 Å². The Morgan fingerprint density at radius 3 is 2.26 bits per heavy atom. The minimum atomic E-state index is -3.03. The quantitative estimate of drug-likeness (QED) is 0.864. The second-order valence-corrected chi connectivity index (χ2v) is 10.9. The van der Waals surface area contributed by atoms with E-state index in [1.165, 1.54) is 25.5 Å². The molecule has 0 aromatic heterocycles. The molecule has 2 aliphatic rings. The van der Waals surface area contributed by atoms with E-state index in [4.69, 9.17) is 0 Å². The van der Waals surface area contributed by atoms with Crippen molar-refractivity contribution in [3.63, 3.8) is 0 Å². The Balaban J connectivity index is 2.12. The highest BCUT2D eigenvalue weighted by atomic mass is 32.2. The van der Waals surface area contributed by atoms with Gasteiger partial charge in [-0.3, -0.25) is 0 Å². The fraction of sp³-hybridized carbons (Fsp3) is 1.00. The molecule has 2 saturated carbocycles. The molecule has 0 aliphatic heterocycles. The van der Waals surface area contributed by atoms with Crippen molar-refractivity contribution in [1.29, 1.82) is 0 Å². The Morgan fingerprint density at radius 2 is 1.84 bits per heavy atom. The highest BCUT2D eigenvalue weighted by molar-refractivity contribution is 7.92. The van der Waals surface area contributed by atoms with Crippen molar-refractivity contribution in [2.75, 3.05) is 12.8 Å². The minimum absolute atomic E-state index is 0.278. The predicted molar refractivity (Wildman–Crippen MR) is 79.9 cm³/mol. The first-order chi connectivity index (χ1) is 8.40. The molecule has 19 heavy (non-hydrogen) atoms. The minimum Gasteiger partial charge on any atom is -0.311 e. The first-order valence-corrected chi connectivity index (χ1v) is 9.22. The van der Waals surface area contributed by atoms with E-state index >= 15 is 0 Å². The van der Waals surface area contributed by atoms with Crippen LogP contribution >= 0.6 is 0 Å². The van der Waals surface area contributed by atoms with Crippen LogP contribution in [-0.2, 0) is 9.84 Å². The standard InChI is InChI=1S/C15H29NO2S/c1-13(2,19(6,17)18)10-16-12-14(3,4)11-7-8-15(12,5)9-11/h11-12,16H,7-10H2,1-6H3/t11-,12?,15+/m0/s1. The number of rotatable bonds is 4. The summed E-state index contributed by atoms with van der Waals surface area (Å²) in [5, 5.41) is 3.61. The molecule has 112 valence electrons. The summed E-state index contributed by atoms with van der Waals surface area (Å²) in [7, 11) is -3.03. The van der Waals surface area contributed by atoms with E-state index in [9.17, 15) is 8.42 Å². The normalized spacial score (nSPS) is 37.8. The summed E-state index contributed by atoms with van der Waals surface area (Å²) in [6, 6.07) is 0.430. The molecule has 2 fully saturated rings. The van der Waals surface area contributed by atoms with E-state index in [0.29, 0.717) is 18.0 Å². The number of hydrogen-bond acceptors (Lipinski definition) is 3. The lowest BCUT2D eigenvalue weighted by atomic mass is 9.68. The number of fused-ring (bicyclic) bond motifs is 2. The van der Waals surface area contributed by atoms with E-state index in [1.807, 2.05) is 13.8 Å². The van der Waals surface area contributed by atoms with Gasteiger partial charge in [0.15, 0.2) is 9.84 Å². The SMILES string of the molecule is CC1(C)C(NCC(C)(C)S(C)(=O)=O)[C@]2(C)CC[C@H]1C2. The average Bonchev–Trinajstić information content (AvgIpc) is 2.66. The van der Waals surface area contributed by atoms with Crippen LogP contribution in [0.25, 0.3) is 0 Å². The van der Waals surface area contributed by atoms with E-state index in [2.05, 4.69) is 26.1 Å². The molecule has 2 rings (SSSR count). The molecule has 0 radical (unpaired) electrons. The van der Waals surface area contributed by atoms with Gasteiger partial charge in [0, 0.05) is 18.8 Å². The van der Waals surface area contributed by atoms with Gasteiger partial charge in [0.05, 0.1) is 4.75 Å². The Morgan fingerprint density at radius 1 is 1.26 bits per heavy atom. The molecule has 2 aliphatic carbocycles. The van der Waals surface area contributed by atoms with Gasteiger partial charge >= 0.3 is 0 Å². The topological polar surface area (TPSA) is 46.2 Å². The van der Waals surface area contributed by atoms with Gasteiger partial charge in [-0.05, 0) is 49.9 Å². The largest absolute Gasteiger partial charge is 0.311 e. The van der Waals surface area contributed by atoms with E-state index in [1.54, 1.807) is 0 Å². The van der Waals surface area contributed by atoms with E-state index < -0.39 is 14.6 Å². The molecule has 1 N–H and O–H groups in total. The zero-order chi connectivity index (χ0) is 14.7. The van der Waals surface area contributed by atoms with Gasteiger partial charge in [0.2, 0.25) is 0 Å². The molecule has 0 amide bonds. The predicted octanol–water partition coefficient (Wildman–Crippen LogP) is 2.61. The molecule has 4 heteroatoms. The zero-order valence-corrected chi connectivity index (χ0v) is 14.0. The number of hydrogen-bond donors (Lipinski definition) is 1. The van der Waals surface area contributed by atoms with Gasteiger partial charge in [-0.25, -0.2) is 8.42 Å². The fourth-order valence-electron chi connectivity index (χ4n) is 4.29. The molecule has 3 nitrogen and oxygen atoms in total. The summed E-state index contributed by atoms with van der Waals surface area (Å²) in [4.78, 5) is 0. The summed E-state index contributed by atoms with van der Waals surface area (Å²) in [5.74, 6) is 0.788. The molecule has 0 aromatic rings. The Kier molecular flexibility index (Phi) is 3.38. The summed E-state index contributed by atoms with van der Waals surface area (Å²) >= 11 is 0. The maximum absolute atomic E-state index is 11.8. The molecule has 0 heterocycles. The third-order valence-electron chi connectivity index (χ3n) is 6.01. The van der Waals surface area contributed by atoms with E-state index in [0.717, 1.165) is 5.92 Å². The fourth-order valence-corrected chi connectivity index (χ4v) is 4.64. The molecular weight excluding hydrogens is 258 g/mol. The summed E-state index contributed by atoms with van der Waals surface area (Å²) in [5.41, 5.74) is 0.627. The van der Waals surface area contributed by atoms with Crippen molar-refractivity contribution < 1.29 is 8.42 Å². The van der Waals surface area contributed by atoms with Crippen LogP contribution in [0.4, 0.5) is 0 Å². The van der Waals surface area contributed by atoms with Crippen molar-refractivity contribution in [2.45, 2.75) is 64.7 Å². The zero-order valence-electron chi connectivity index (χ0n) is 13.2. The molecular formula is C15H29NO2S. The Labute approximate surface area is 118 Å². The second-order valence-electron chi connectivity index (χ2n) is 8.26. The highest BCUT2D eigenvalue weighted by Gasteiger charge is 2.59. The first kappa shape index (κ1) is 15.3. The lowest BCUT2D eigenvalue weighted by molar-refractivity contribution is 0.107. The molecule has 0 saturated heterocycles. The summed E-state index contributed by atoms with van der Waals surface area (Å²) in [6.45, 7) is 11.2. The van der Waals surface area contributed by atoms with Gasteiger partial charge in [0.1, 0.15) is 0 Å². The first-order valence-electron chi connectivity index (χ1n) is 7.33. The third kappa shape index (κ3) is 2.35. The van der Waals surface area contributed by atoms with Crippen molar-refractivity contribution in [1.82, 2.24) is 5.32 Å². The van der Waals surface area contributed by atoms with Crippen LogP contribution in [0.3, 0.4) is 0 Å². The molecule has 1 unspecified atom stereocenters. The van der Waals surface area contributed by atoms with Crippen molar-refractivity contribution in [2.24, 2.45) is 16.7 Å². The van der Waals surface area contributed by atoms with Crippen LogP contribution in [0, 0.1) is 16.7 Å². The highest BCUT2D eigenvalue weighted by Crippen LogP contribution is 2.62. The summed E-state index contributed by atoms with van der Waals surface area (Å²) < 4.78 is 22.9. The van der Waals surface area contributed by atoms with Crippen LogP contribution in [0.1, 0.15) is 53.9 Å². The van der Waals surface area contributed by atoms with Crippen molar-refractivity contribution >= 4 is 9.84 Å². The molecule has 0 aromatic carbocycles. The molecule has 0 spiro atoms. The van der Waals surface area contributed by atoms with Crippen LogP contribution in [0.15, 0.2) is 0 Å². The Bertz CT molecular complexity index is 462. The maximum atomic E-state index is 11.8. The number of nitrogens with one attached hydrogen (secondary N) is 1. The smallest absolute Gasteiger partial charge is 0.153 e. The van der Waals surface area contributed by atoms with Gasteiger partial charge in [-0.2, -0.15) is 0 Å². The lowest BCUT2D eigenvalue weighted by Crippen LogP contribution is -2.54. The van der Waals surface area contributed by atoms with Gasteiger partial charge in [-0.1, -0.05) is 20.8 Å². The monoisotopic (exact) mass is 287 g/mol. The maximum Gasteiger partial charge on any atom is 0.153 e. The van der Waals surface area contributed by atoms with Gasteiger partial charge in [0.25, 0.3) is 0 Å². The molecule has 2 bridgehead atoms. The average molecular weight is 287 g/mol. The van der Waals surface area contributed by atoms with Gasteiger partial charge < -0.3 is 5.32 Å². The van der Waals surface area contributed by atoms with E-state index in [-0.39, 0.29) is 5.41 Å². The Hall–Kier alpha value is -0.0900. The van der Waals surface area contributed by atoms with Crippen LogP contribution in [-0.4, -0.2) is 32.0 Å². The van der Waals surface area contributed by atoms with Crippen LogP contribution < -0.4 is 5.32 Å². The second kappa shape index (κ2) is 4.20. The lowest BCUT2D eigenvalue weighted by Gasteiger charge is -2.44. The van der Waals surface area contributed by atoms with Crippen LogP contribution in [0.5, 0.6) is 0 Å². The summed E-state index contributed by atoms with van der Waals surface area (Å²) in [6.07, 6.45) is 5.23. The third-order valence-corrected chi connectivity index (χ3v) is 8.16. The van der Waals surface area contributed by atoms with Gasteiger partial charge in [-0.15, -0.1) is 0 Å². The molecule has 3 atom stereocenters. The number of sulfone groups is 1. The van der Waals surface area contributed by atoms with Crippen molar-refractivity contribution in [3.8, 4) is 0 Å².